The SMILES string of the molecule is CC(C)NC(=O)NC1(C(=O)O)CCCCCC1. The molecule has 3 N–H and O–H groups in total. The van der Waals surface area contributed by atoms with E-state index in [1.54, 1.807) is 0 Å². The Kier molecular flexibility index (Phi) is 4.78. The number of nitrogens with one attached hydrogen (secondary N) is 2. The van der Waals surface area contributed by atoms with Crippen LogP contribution in [0.2, 0.25) is 0 Å². The molecular formula is C12H22N2O3. The van der Waals surface area contributed by atoms with E-state index in [9.17, 15) is 14.7 Å². The topological polar surface area (TPSA) is 78.4 Å². The molecule has 0 heterocycles. The second-order valence-electron chi connectivity index (χ2n) is 5.05. The molecule has 0 aliphatic heterocycles. The van der Waals surface area contributed by atoms with Crippen LogP contribution < -0.4 is 10.6 Å². The van der Waals surface area contributed by atoms with Crippen molar-refractivity contribution in [2.45, 2.75) is 64.0 Å². The van der Waals surface area contributed by atoms with Crippen LogP contribution in [0.15, 0.2) is 0 Å². The van der Waals surface area contributed by atoms with Gasteiger partial charge in [0.2, 0.25) is 0 Å². The largest absolute Gasteiger partial charge is 0.480 e. The Morgan fingerprint density at radius 3 is 2.06 bits per heavy atom. The molecule has 5 heteroatoms. The molecule has 2 amide bonds. The molecule has 0 unspecified atom stereocenters. The highest BCUT2D eigenvalue weighted by Gasteiger charge is 2.40. The minimum absolute atomic E-state index is 0.00613. The molecule has 98 valence electrons. The lowest BCUT2D eigenvalue weighted by atomic mass is 9.90. The van der Waals surface area contributed by atoms with Gasteiger partial charge in [0, 0.05) is 6.04 Å². The highest BCUT2D eigenvalue weighted by Crippen LogP contribution is 2.27. The van der Waals surface area contributed by atoms with Gasteiger partial charge in [-0.2, -0.15) is 0 Å². The van der Waals surface area contributed by atoms with Crippen molar-refractivity contribution in [1.82, 2.24) is 10.6 Å². The summed E-state index contributed by atoms with van der Waals surface area (Å²) < 4.78 is 0. The summed E-state index contributed by atoms with van der Waals surface area (Å²) >= 11 is 0. The van der Waals surface area contributed by atoms with Gasteiger partial charge in [-0.05, 0) is 26.7 Å². The molecule has 1 aliphatic carbocycles. The average molecular weight is 242 g/mol. The number of hydrogen-bond acceptors (Lipinski definition) is 2. The van der Waals surface area contributed by atoms with Crippen LogP contribution in [0.25, 0.3) is 0 Å². The maximum Gasteiger partial charge on any atom is 0.329 e. The number of hydrogen-bond donors (Lipinski definition) is 3. The van der Waals surface area contributed by atoms with Crippen molar-refractivity contribution < 1.29 is 14.7 Å². The van der Waals surface area contributed by atoms with Crippen LogP contribution >= 0.6 is 0 Å². The Morgan fingerprint density at radius 1 is 1.12 bits per heavy atom. The van der Waals surface area contributed by atoms with Crippen molar-refractivity contribution in [1.29, 1.82) is 0 Å². The first-order valence-corrected chi connectivity index (χ1v) is 6.28. The van der Waals surface area contributed by atoms with Gasteiger partial charge in [0.1, 0.15) is 5.54 Å². The predicted octanol–water partition coefficient (Wildman–Crippen LogP) is 1.87. The highest BCUT2D eigenvalue weighted by molar-refractivity contribution is 5.86. The molecule has 17 heavy (non-hydrogen) atoms. The van der Waals surface area contributed by atoms with Gasteiger partial charge in [-0.25, -0.2) is 9.59 Å². The highest BCUT2D eigenvalue weighted by atomic mass is 16.4. The Hall–Kier alpha value is -1.26. The van der Waals surface area contributed by atoms with Gasteiger partial charge in [0.15, 0.2) is 0 Å². The number of carbonyl (C=O) groups is 2. The summed E-state index contributed by atoms with van der Waals surface area (Å²) in [5.41, 5.74) is -1.07. The summed E-state index contributed by atoms with van der Waals surface area (Å²) in [6.45, 7) is 3.69. The Morgan fingerprint density at radius 2 is 1.65 bits per heavy atom. The Bertz CT molecular complexity index is 281. The number of carboxylic acids is 1. The van der Waals surface area contributed by atoms with Crippen molar-refractivity contribution in [3.05, 3.63) is 0 Å². The lowest BCUT2D eigenvalue weighted by Crippen LogP contribution is -2.57. The molecule has 0 saturated heterocycles. The maximum absolute atomic E-state index is 11.7. The zero-order valence-corrected chi connectivity index (χ0v) is 10.6. The van der Waals surface area contributed by atoms with Crippen LogP contribution in [0.5, 0.6) is 0 Å². The fourth-order valence-corrected chi connectivity index (χ4v) is 2.24. The van der Waals surface area contributed by atoms with Gasteiger partial charge in [-0.1, -0.05) is 25.7 Å². The van der Waals surface area contributed by atoms with Crippen molar-refractivity contribution in [3.8, 4) is 0 Å². The van der Waals surface area contributed by atoms with E-state index in [2.05, 4.69) is 10.6 Å². The first kappa shape index (κ1) is 13.8. The number of urea groups is 1. The summed E-state index contributed by atoms with van der Waals surface area (Å²) in [6.07, 6.45) is 4.84. The van der Waals surface area contributed by atoms with Crippen molar-refractivity contribution in [2.75, 3.05) is 0 Å². The van der Waals surface area contributed by atoms with Gasteiger partial charge < -0.3 is 15.7 Å². The third-order valence-corrected chi connectivity index (χ3v) is 3.14. The van der Waals surface area contributed by atoms with E-state index in [1.807, 2.05) is 13.8 Å². The van der Waals surface area contributed by atoms with Gasteiger partial charge in [0.25, 0.3) is 0 Å². The van der Waals surface area contributed by atoms with Crippen LogP contribution in [0.4, 0.5) is 4.79 Å². The first-order chi connectivity index (χ1) is 7.96. The Balaban J connectivity index is 2.70. The normalized spacial score (nSPS) is 19.5. The maximum atomic E-state index is 11.7. The molecule has 0 spiro atoms. The third-order valence-electron chi connectivity index (χ3n) is 3.14. The summed E-state index contributed by atoms with van der Waals surface area (Å²) in [5, 5.41) is 14.7. The average Bonchev–Trinajstić information content (AvgIpc) is 2.42. The lowest BCUT2D eigenvalue weighted by molar-refractivity contribution is -0.145. The molecule has 0 bridgehead atoms. The summed E-state index contributed by atoms with van der Waals surface area (Å²) in [7, 11) is 0. The molecule has 1 saturated carbocycles. The summed E-state index contributed by atoms with van der Waals surface area (Å²) in [6, 6.07) is -0.379. The van der Waals surface area contributed by atoms with Crippen LogP contribution in [0, 0.1) is 0 Å². The van der Waals surface area contributed by atoms with Crippen LogP contribution in [0.1, 0.15) is 52.4 Å². The number of rotatable bonds is 3. The van der Waals surface area contributed by atoms with Crippen LogP contribution in [-0.4, -0.2) is 28.7 Å². The summed E-state index contributed by atoms with van der Waals surface area (Å²) in [4.78, 5) is 23.1. The number of aliphatic carboxylic acids is 1. The van der Waals surface area contributed by atoms with E-state index in [-0.39, 0.29) is 12.1 Å². The van der Waals surface area contributed by atoms with E-state index in [0.29, 0.717) is 12.8 Å². The standard InChI is InChI=1S/C12H22N2O3/c1-9(2)13-11(17)14-12(10(15)16)7-5-3-4-6-8-12/h9H,3-8H2,1-2H3,(H,15,16)(H2,13,14,17). The fourth-order valence-electron chi connectivity index (χ4n) is 2.24. The molecule has 1 rings (SSSR count). The van der Waals surface area contributed by atoms with Crippen molar-refractivity contribution in [2.24, 2.45) is 0 Å². The van der Waals surface area contributed by atoms with E-state index >= 15 is 0 Å². The molecule has 5 nitrogen and oxygen atoms in total. The monoisotopic (exact) mass is 242 g/mol. The third kappa shape index (κ3) is 3.91. The summed E-state index contributed by atoms with van der Waals surface area (Å²) in [5.74, 6) is -0.918. The van der Waals surface area contributed by atoms with E-state index < -0.39 is 11.5 Å². The number of carbonyl (C=O) groups excluding carboxylic acids is 1. The number of carboxylic acid groups (broad SMARTS) is 1. The smallest absolute Gasteiger partial charge is 0.329 e. The molecule has 1 fully saturated rings. The Labute approximate surface area is 102 Å². The lowest BCUT2D eigenvalue weighted by Gasteiger charge is -2.29. The predicted molar refractivity (Wildman–Crippen MR) is 64.9 cm³/mol. The van der Waals surface area contributed by atoms with Crippen LogP contribution in [-0.2, 0) is 4.79 Å². The molecule has 1 aliphatic rings. The van der Waals surface area contributed by atoms with Gasteiger partial charge in [-0.3, -0.25) is 0 Å². The second kappa shape index (κ2) is 5.89. The minimum atomic E-state index is -1.07. The van der Waals surface area contributed by atoms with Gasteiger partial charge >= 0.3 is 12.0 Å². The van der Waals surface area contributed by atoms with Crippen molar-refractivity contribution in [3.63, 3.8) is 0 Å². The van der Waals surface area contributed by atoms with Crippen molar-refractivity contribution >= 4 is 12.0 Å². The van der Waals surface area contributed by atoms with Gasteiger partial charge in [-0.15, -0.1) is 0 Å². The molecule has 0 aromatic rings. The quantitative estimate of drug-likeness (QED) is 0.661. The van der Waals surface area contributed by atoms with E-state index in [4.69, 9.17) is 0 Å². The number of amides is 2. The minimum Gasteiger partial charge on any atom is -0.480 e. The zero-order chi connectivity index (χ0) is 12.9. The van der Waals surface area contributed by atoms with Crippen LogP contribution in [0.3, 0.4) is 0 Å². The molecule has 0 radical (unpaired) electrons. The fraction of sp³-hybridized carbons (Fsp3) is 0.833. The molecule has 0 aromatic carbocycles. The molecular weight excluding hydrogens is 220 g/mol. The van der Waals surface area contributed by atoms with E-state index in [1.165, 1.54) is 0 Å². The van der Waals surface area contributed by atoms with Gasteiger partial charge in [0.05, 0.1) is 0 Å². The van der Waals surface area contributed by atoms with E-state index in [0.717, 1.165) is 25.7 Å². The zero-order valence-electron chi connectivity index (χ0n) is 10.6. The second-order valence-corrected chi connectivity index (χ2v) is 5.05. The molecule has 0 aromatic heterocycles. The molecule has 0 atom stereocenters. The first-order valence-electron chi connectivity index (χ1n) is 6.28.